The van der Waals surface area contributed by atoms with Gasteiger partial charge in [-0.2, -0.15) is 0 Å². The molecule has 1 heterocycles. The first kappa shape index (κ1) is 17.1. The molecule has 0 bridgehead atoms. The molecule has 1 aromatic rings. The van der Waals surface area contributed by atoms with Gasteiger partial charge in [0.25, 0.3) is 10.0 Å². The largest absolute Gasteiger partial charge is 0.447 e. The van der Waals surface area contributed by atoms with Crippen molar-refractivity contribution in [2.75, 3.05) is 26.4 Å². The summed E-state index contributed by atoms with van der Waals surface area (Å²) in [5.41, 5.74) is 0. The van der Waals surface area contributed by atoms with Crippen molar-refractivity contribution in [1.82, 2.24) is 9.62 Å². The number of primary sulfonamides is 1. The van der Waals surface area contributed by atoms with Gasteiger partial charge in [0.1, 0.15) is 5.76 Å². The van der Waals surface area contributed by atoms with E-state index in [0.717, 1.165) is 4.31 Å². The molecule has 0 aliphatic rings. The van der Waals surface area contributed by atoms with Crippen LogP contribution in [0.5, 0.6) is 0 Å². The van der Waals surface area contributed by atoms with Gasteiger partial charge >= 0.3 is 0 Å². The lowest BCUT2D eigenvalue weighted by molar-refractivity contribution is 0.389. The van der Waals surface area contributed by atoms with Gasteiger partial charge in [-0.05, 0) is 25.1 Å². The van der Waals surface area contributed by atoms with E-state index in [1.54, 1.807) is 6.07 Å². The molecular formula is C10H19N3O5S2. The first-order chi connectivity index (χ1) is 9.13. The molecule has 1 rings (SSSR count). The normalized spacial score (nSPS) is 13.0. The van der Waals surface area contributed by atoms with Crippen LogP contribution in [0.15, 0.2) is 21.6 Å². The molecule has 0 radical (unpaired) electrons. The molecule has 0 aliphatic heterocycles. The molecule has 3 N–H and O–H groups in total. The Morgan fingerprint density at radius 3 is 2.45 bits per heavy atom. The van der Waals surface area contributed by atoms with Crippen molar-refractivity contribution < 1.29 is 21.3 Å². The maximum Gasteiger partial charge on any atom is 0.275 e. The fraction of sp³-hybridized carbons (Fsp3) is 0.600. The number of nitrogens with one attached hydrogen (secondary N) is 1. The molecule has 0 atom stereocenters. The number of hydrogen-bond donors (Lipinski definition) is 2. The second-order valence-electron chi connectivity index (χ2n) is 4.41. The minimum atomic E-state index is -3.57. The molecule has 8 nitrogen and oxygen atoms in total. The summed E-state index contributed by atoms with van der Waals surface area (Å²) in [7, 11) is -4.17. The van der Waals surface area contributed by atoms with E-state index in [0.29, 0.717) is 25.3 Å². The van der Waals surface area contributed by atoms with Crippen LogP contribution in [-0.4, -0.2) is 47.5 Å². The molecule has 1 aromatic heterocycles. The summed E-state index contributed by atoms with van der Waals surface area (Å²) in [5, 5.41) is 7.69. The highest BCUT2D eigenvalue weighted by Crippen LogP contribution is 2.16. The Morgan fingerprint density at radius 2 is 1.90 bits per heavy atom. The monoisotopic (exact) mass is 325 g/mol. The van der Waals surface area contributed by atoms with Gasteiger partial charge < -0.3 is 9.73 Å². The maximum atomic E-state index is 11.8. The number of hydrogen-bond acceptors (Lipinski definition) is 6. The van der Waals surface area contributed by atoms with E-state index in [2.05, 4.69) is 5.32 Å². The van der Waals surface area contributed by atoms with Crippen LogP contribution in [0.1, 0.15) is 12.2 Å². The Kier molecular flexibility index (Phi) is 5.71. The summed E-state index contributed by atoms with van der Waals surface area (Å²) >= 11 is 0. The lowest BCUT2D eigenvalue weighted by atomic mass is 10.4. The maximum absolute atomic E-state index is 11.8. The van der Waals surface area contributed by atoms with Crippen molar-refractivity contribution in [2.45, 2.75) is 18.1 Å². The van der Waals surface area contributed by atoms with Gasteiger partial charge in [0.05, 0.1) is 12.3 Å². The zero-order chi connectivity index (χ0) is 15.4. The van der Waals surface area contributed by atoms with E-state index >= 15 is 0 Å². The third-order valence-corrected chi connectivity index (χ3v) is 5.00. The minimum absolute atomic E-state index is 0.0988. The summed E-state index contributed by atoms with van der Waals surface area (Å²) in [6.45, 7) is 0.750. The van der Waals surface area contributed by atoms with E-state index in [1.165, 1.54) is 20.2 Å². The van der Waals surface area contributed by atoms with Crippen LogP contribution < -0.4 is 10.5 Å². The second kappa shape index (κ2) is 6.68. The van der Waals surface area contributed by atoms with E-state index in [9.17, 15) is 16.8 Å². The van der Waals surface area contributed by atoms with Crippen LogP contribution in [0.3, 0.4) is 0 Å². The number of nitrogens with two attached hydrogens (primary N) is 1. The average Bonchev–Trinajstić information content (AvgIpc) is 2.76. The zero-order valence-electron chi connectivity index (χ0n) is 11.4. The summed E-state index contributed by atoms with van der Waals surface area (Å²) in [5.74, 6) is 0.360. The van der Waals surface area contributed by atoms with Gasteiger partial charge in [-0.25, -0.2) is 26.3 Å². The van der Waals surface area contributed by atoms with Gasteiger partial charge in [-0.1, -0.05) is 0 Å². The summed E-state index contributed by atoms with van der Waals surface area (Å²) in [6, 6.07) is 2.94. The van der Waals surface area contributed by atoms with Crippen molar-refractivity contribution in [3.05, 3.63) is 17.9 Å². The van der Waals surface area contributed by atoms with Crippen molar-refractivity contribution in [3.8, 4) is 0 Å². The van der Waals surface area contributed by atoms with Gasteiger partial charge in [-0.3, -0.25) is 0 Å². The van der Waals surface area contributed by atoms with Crippen molar-refractivity contribution in [2.24, 2.45) is 5.14 Å². The third kappa shape index (κ3) is 5.21. The first-order valence-electron chi connectivity index (χ1n) is 5.85. The topological polar surface area (TPSA) is 123 Å². The Bertz CT molecular complexity index is 634. The van der Waals surface area contributed by atoms with Crippen LogP contribution in [0.2, 0.25) is 0 Å². The van der Waals surface area contributed by atoms with E-state index in [1.807, 2.05) is 0 Å². The minimum Gasteiger partial charge on any atom is -0.447 e. The Morgan fingerprint density at radius 1 is 1.25 bits per heavy atom. The molecule has 0 aliphatic carbocycles. The molecule has 20 heavy (non-hydrogen) atoms. The van der Waals surface area contributed by atoms with Gasteiger partial charge in [-0.15, -0.1) is 0 Å². The molecule has 10 heteroatoms. The quantitative estimate of drug-likeness (QED) is 0.609. The first-order valence-corrected chi connectivity index (χ1v) is 9.01. The standard InChI is InChI=1S/C10H19N3O5S2/c1-13(2)20(16,17)10-5-4-9(18-10)8-12-6-3-7-19(11,14)15/h4-5,12H,3,6-8H2,1-2H3,(H2,11,14,15). The SMILES string of the molecule is CN(C)S(=O)(=O)c1ccc(CNCCCS(N)(=O)=O)o1. The fourth-order valence-corrected chi connectivity index (χ4v) is 2.74. The molecule has 0 saturated heterocycles. The fourth-order valence-electron chi connectivity index (χ4n) is 1.38. The van der Waals surface area contributed by atoms with Gasteiger partial charge in [0.2, 0.25) is 15.1 Å². The molecule has 0 aromatic carbocycles. The van der Waals surface area contributed by atoms with E-state index in [4.69, 9.17) is 9.56 Å². The highest BCUT2D eigenvalue weighted by molar-refractivity contribution is 7.89. The van der Waals surface area contributed by atoms with Crippen molar-refractivity contribution >= 4 is 20.0 Å². The number of nitrogens with zero attached hydrogens (tertiary/aromatic N) is 1. The number of furan rings is 1. The summed E-state index contributed by atoms with van der Waals surface area (Å²) in [4.78, 5) is 0. The van der Waals surface area contributed by atoms with Crippen molar-refractivity contribution in [1.29, 1.82) is 0 Å². The average molecular weight is 325 g/mol. The van der Waals surface area contributed by atoms with Crippen LogP contribution in [0, 0.1) is 0 Å². The Hall–Kier alpha value is -0.940. The van der Waals surface area contributed by atoms with E-state index in [-0.39, 0.29) is 10.8 Å². The predicted octanol–water partition coefficient (Wildman–Crippen LogP) is -0.702. The molecular weight excluding hydrogens is 306 g/mol. The van der Waals surface area contributed by atoms with Crippen LogP contribution in [-0.2, 0) is 26.6 Å². The highest BCUT2D eigenvalue weighted by Gasteiger charge is 2.21. The van der Waals surface area contributed by atoms with Crippen LogP contribution in [0.4, 0.5) is 0 Å². The second-order valence-corrected chi connectivity index (χ2v) is 8.22. The van der Waals surface area contributed by atoms with Gasteiger partial charge in [0.15, 0.2) is 0 Å². The van der Waals surface area contributed by atoms with Gasteiger partial charge in [0, 0.05) is 14.1 Å². The van der Waals surface area contributed by atoms with Crippen LogP contribution in [0.25, 0.3) is 0 Å². The lowest BCUT2D eigenvalue weighted by Crippen LogP contribution is -2.22. The lowest BCUT2D eigenvalue weighted by Gasteiger charge is -2.07. The number of rotatable bonds is 8. The molecule has 0 saturated carbocycles. The molecule has 0 fully saturated rings. The highest BCUT2D eigenvalue weighted by atomic mass is 32.2. The Labute approximate surface area is 119 Å². The van der Waals surface area contributed by atoms with E-state index < -0.39 is 20.0 Å². The summed E-state index contributed by atoms with van der Waals surface area (Å²) < 4.78 is 51.2. The Balaban J connectivity index is 2.46. The molecule has 116 valence electrons. The number of sulfonamides is 2. The molecule has 0 unspecified atom stereocenters. The summed E-state index contributed by atoms with van der Waals surface area (Å²) in [6.07, 6.45) is 0.377. The third-order valence-electron chi connectivity index (χ3n) is 2.45. The zero-order valence-corrected chi connectivity index (χ0v) is 13.0. The molecule has 0 spiro atoms. The van der Waals surface area contributed by atoms with Crippen LogP contribution >= 0.6 is 0 Å². The molecule has 0 amide bonds. The smallest absolute Gasteiger partial charge is 0.275 e. The predicted molar refractivity (Wildman–Crippen MR) is 73.9 cm³/mol. The van der Waals surface area contributed by atoms with Crippen molar-refractivity contribution in [3.63, 3.8) is 0 Å².